The highest BCUT2D eigenvalue weighted by molar-refractivity contribution is 7.61. The number of hydrogen-bond donors (Lipinski definition) is 1. The Morgan fingerprint density at radius 2 is 1.86 bits per heavy atom. The molecule has 0 amide bonds. The van der Waals surface area contributed by atoms with Gasteiger partial charge in [-0.2, -0.15) is 0 Å². The van der Waals surface area contributed by atoms with Gasteiger partial charge in [-0.25, -0.2) is 9.78 Å². The molecule has 4 aromatic rings. The molecule has 0 saturated carbocycles. The van der Waals surface area contributed by atoms with Crippen molar-refractivity contribution >= 4 is 29.8 Å². The Labute approximate surface area is 200 Å². The van der Waals surface area contributed by atoms with Crippen LogP contribution >= 0.6 is 7.60 Å². The van der Waals surface area contributed by atoms with Gasteiger partial charge >= 0.3 is 13.6 Å². The van der Waals surface area contributed by atoms with E-state index in [1.54, 1.807) is 35.8 Å². The number of carbonyl (C=O) groups is 1. The van der Waals surface area contributed by atoms with Crippen LogP contribution < -0.4 is 10.9 Å². The number of ether oxygens (including phenoxy) is 1. The topological polar surface area (TPSA) is 108 Å². The molecule has 2 aromatic heterocycles. The smallest absolute Gasteiger partial charge is 0.360 e. The number of cyclic esters (lactones) is 1. The lowest BCUT2D eigenvalue weighted by molar-refractivity contribution is -0.169. The SMILES string of the molecule is CC[C@@]1(OP(=O)(O)c2ccccc2)C(=O)OCc2c1cc1n(c2=O)Cc2cc3ccccc3nc2-1. The van der Waals surface area contributed by atoms with Crippen LogP contribution in [0.1, 0.15) is 30.0 Å². The van der Waals surface area contributed by atoms with E-state index in [2.05, 4.69) is 0 Å². The molecule has 2 aliphatic rings. The second kappa shape index (κ2) is 7.71. The molecule has 0 aliphatic carbocycles. The van der Waals surface area contributed by atoms with Gasteiger partial charge in [0.2, 0.25) is 5.60 Å². The van der Waals surface area contributed by atoms with Crippen LogP contribution in [0.15, 0.2) is 71.5 Å². The summed E-state index contributed by atoms with van der Waals surface area (Å²) in [4.78, 5) is 42.3. The highest BCUT2D eigenvalue weighted by Gasteiger charge is 2.52. The molecule has 0 radical (unpaired) electrons. The Hall–Kier alpha value is -3.58. The zero-order chi connectivity index (χ0) is 24.4. The van der Waals surface area contributed by atoms with Gasteiger partial charge in [-0.15, -0.1) is 0 Å². The number of nitrogens with zero attached hydrogens (tertiary/aromatic N) is 2. The molecule has 8 nitrogen and oxygen atoms in total. The normalized spacial score (nSPS) is 20.0. The third-order valence-corrected chi connectivity index (χ3v) is 8.26. The molecule has 35 heavy (non-hydrogen) atoms. The van der Waals surface area contributed by atoms with Gasteiger partial charge in [0, 0.05) is 16.5 Å². The van der Waals surface area contributed by atoms with Crippen LogP contribution in [0.2, 0.25) is 0 Å². The summed E-state index contributed by atoms with van der Waals surface area (Å²) in [7, 11) is -4.45. The van der Waals surface area contributed by atoms with Crippen LogP contribution in [0.3, 0.4) is 0 Å². The zero-order valence-electron chi connectivity index (χ0n) is 18.8. The van der Waals surface area contributed by atoms with Crippen molar-refractivity contribution < 1.29 is 23.5 Å². The highest BCUT2D eigenvalue weighted by atomic mass is 31.2. The molecule has 2 aliphatic heterocycles. The minimum Gasteiger partial charge on any atom is -0.458 e. The van der Waals surface area contributed by atoms with Crippen LogP contribution in [-0.4, -0.2) is 20.4 Å². The van der Waals surface area contributed by atoms with Crippen LogP contribution in [-0.2, 0) is 37.4 Å². The Morgan fingerprint density at radius 3 is 2.63 bits per heavy atom. The molecule has 2 atom stereocenters. The van der Waals surface area contributed by atoms with Gasteiger partial charge in [-0.05, 0) is 36.8 Å². The van der Waals surface area contributed by atoms with Gasteiger partial charge in [0.1, 0.15) is 6.61 Å². The maximum absolute atomic E-state index is 13.6. The largest absolute Gasteiger partial charge is 0.458 e. The zero-order valence-corrected chi connectivity index (χ0v) is 19.7. The number of esters is 1. The summed E-state index contributed by atoms with van der Waals surface area (Å²) in [5.41, 5.74) is 1.09. The number of para-hydroxylation sites is 1. The Balaban J connectivity index is 1.56. The highest BCUT2D eigenvalue weighted by Crippen LogP contribution is 2.52. The summed E-state index contributed by atoms with van der Waals surface area (Å²) >= 11 is 0. The van der Waals surface area contributed by atoms with Gasteiger partial charge in [-0.1, -0.05) is 43.3 Å². The molecule has 1 unspecified atom stereocenters. The van der Waals surface area contributed by atoms with Gasteiger partial charge in [0.05, 0.1) is 34.3 Å². The predicted molar refractivity (Wildman–Crippen MR) is 129 cm³/mol. The molecule has 0 saturated heterocycles. The number of aromatic nitrogens is 2. The van der Waals surface area contributed by atoms with E-state index in [0.29, 0.717) is 17.9 Å². The van der Waals surface area contributed by atoms with Crippen molar-refractivity contribution in [3.05, 3.63) is 93.8 Å². The van der Waals surface area contributed by atoms with Gasteiger partial charge in [0.25, 0.3) is 5.56 Å². The Morgan fingerprint density at radius 1 is 1.11 bits per heavy atom. The van der Waals surface area contributed by atoms with Crippen LogP contribution in [0.4, 0.5) is 0 Å². The molecule has 6 rings (SSSR count). The summed E-state index contributed by atoms with van der Waals surface area (Å²) in [6, 6.07) is 19.2. The standard InChI is InChI=1S/C26H21N2O6P/c1-2-26(34-35(31,32)18-9-4-3-5-10-18)20-13-22-23-17(12-16-8-6-7-11-21(16)27-23)14-28(22)24(29)19(20)15-33-25(26)30/h3-13H,2,14-15H2,1H3,(H,31,32)/t26-/m0/s1. The van der Waals surface area contributed by atoms with Crippen molar-refractivity contribution in [2.75, 3.05) is 0 Å². The average molecular weight is 488 g/mol. The summed E-state index contributed by atoms with van der Waals surface area (Å²) in [5.74, 6) is -0.799. The second-order valence-corrected chi connectivity index (χ2v) is 10.4. The van der Waals surface area contributed by atoms with Crippen molar-refractivity contribution in [1.82, 2.24) is 9.55 Å². The molecular weight excluding hydrogens is 467 g/mol. The molecular formula is C26H21N2O6P. The molecule has 0 fully saturated rings. The number of fused-ring (bicyclic) bond motifs is 5. The third-order valence-electron chi connectivity index (χ3n) is 6.75. The van der Waals surface area contributed by atoms with Crippen LogP contribution in [0.25, 0.3) is 22.3 Å². The molecule has 4 heterocycles. The predicted octanol–water partition coefficient (Wildman–Crippen LogP) is 3.61. The van der Waals surface area contributed by atoms with Crippen LogP contribution in [0, 0.1) is 0 Å². The maximum atomic E-state index is 13.6. The van der Waals surface area contributed by atoms with Gasteiger partial charge in [0.15, 0.2) is 0 Å². The minimum atomic E-state index is -4.45. The third kappa shape index (κ3) is 3.22. The van der Waals surface area contributed by atoms with Crippen LogP contribution in [0.5, 0.6) is 0 Å². The first kappa shape index (κ1) is 21.9. The van der Waals surface area contributed by atoms with Gasteiger partial charge < -0.3 is 14.2 Å². The summed E-state index contributed by atoms with van der Waals surface area (Å²) in [6.45, 7) is 1.77. The van der Waals surface area contributed by atoms with Crippen molar-refractivity contribution in [1.29, 1.82) is 0 Å². The number of rotatable bonds is 4. The molecule has 176 valence electrons. The molecule has 0 spiro atoms. The summed E-state index contributed by atoms with van der Waals surface area (Å²) in [5, 5.41) is 1.01. The summed E-state index contributed by atoms with van der Waals surface area (Å²) in [6.07, 6.45) is -0.00286. The van der Waals surface area contributed by atoms with Crippen molar-refractivity contribution in [3.8, 4) is 11.4 Å². The second-order valence-electron chi connectivity index (χ2n) is 8.71. The lowest BCUT2D eigenvalue weighted by atomic mass is 9.86. The monoisotopic (exact) mass is 488 g/mol. The minimum absolute atomic E-state index is 0.00286. The van der Waals surface area contributed by atoms with Crippen molar-refractivity contribution in [2.24, 2.45) is 0 Å². The number of carbonyl (C=O) groups excluding carboxylic acids is 1. The van der Waals surface area contributed by atoms with Gasteiger partial charge in [-0.3, -0.25) is 13.9 Å². The van der Waals surface area contributed by atoms with Crippen molar-refractivity contribution in [2.45, 2.75) is 32.1 Å². The van der Waals surface area contributed by atoms with E-state index < -0.39 is 19.2 Å². The first-order chi connectivity index (χ1) is 16.8. The molecule has 9 heteroatoms. The quantitative estimate of drug-likeness (QED) is 0.304. The fourth-order valence-electron chi connectivity index (χ4n) is 4.94. The van der Waals surface area contributed by atoms with E-state index in [4.69, 9.17) is 14.2 Å². The Kier molecular flexibility index (Phi) is 4.83. The lowest BCUT2D eigenvalue weighted by Gasteiger charge is -2.37. The fraction of sp³-hybridized carbons (Fsp3) is 0.192. The summed E-state index contributed by atoms with van der Waals surface area (Å²) < 4.78 is 26.0. The van der Waals surface area contributed by atoms with E-state index in [1.807, 2.05) is 30.3 Å². The molecule has 1 N–H and O–H groups in total. The first-order valence-corrected chi connectivity index (χ1v) is 12.8. The maximum Gasteiger partial charge on any atom is 0.360 e. The molecule has 0 bridgehead atoms. The number of benzene rings is 2. The van der Waals surface area contributed by atoms with Crippen molar-refractivity contribution in [3.63, 3.8) is 0 Å². The first-order valence-electron chi connectivity index (χ1n) is 11.3. The van der Waals surface area contributed by atoms with E-state index in [-0.39, 0.29) is 35.0 Å². The van der Waals surface area contributed by atoms with E-state index in [0.717, 1.165) is 16.5 Å². The fourth-order valence-corrected chi connectivity index (χ4v) is 6.32. The average Bonchev–Trinajstić information content (AvgIpc) is 3.23. The van der Waals surface area contributed by atoms with E-state index in [1.165, 1.54) is 12.1 Å². The number of pyridine rings is 2. The lowest BCUT2D eigenvalue weighted by Crippen LogP contribution is -2.46. The number of hydrogen-bond acceptors (Lipinski definition) is 6. The Bertz CT molecular complexity index is 1630. The van der Waals surface area contributed by atoms with E-state index >= 15 is 0 Å². The van der Waals surface area contributed by atoms with E-state index in [9.17, 15) is 19.0 Å². The molecule has 2 aromatic carbocycles.